The molecule has 3 nitrogen and oxygen atoms in total. The Morgan fingerprint density at radius 1 is 1.05 bits per heavy atom. The van der Waals surface area contributed by atoms with E-state index in [0.717, 1.165) is 37.4 Å². The summed E-state index contributed by atoms with van der Waals surface area (Å²) in [6, 6.07) is 0. The fourth-order valence-corrected chi connectivity index (χ4v) is 4.27. The van der Waals surface area contributed by atoms with Crippen molar-refractivity contribution in [3.63, 3.8) is 0 Å². The summed E-state index contributed by atoms with van der Waals surface area (Å²) in [5.74, 6) is 2.63. The van der Waals surface area contributed by atoms with E-state index in [2.05, 4.69) is 22.0 Å². The molecule has 0 spiro atoms. The van der Waals surface area contributed by atoms with Gasteiger partial charge in [0.2, 0.25) is 0 Å². The van der Waals surface area contributed by atoms with Crippen LogP contribution in [-0.2, 0) is 0 Å². The second-order valence-electron chi connectivity index (χ2n) is 7.77. The Morgan fingerprint density at radius 3 is 2.25 bits per heavy atom. The molecule has 0 aromatic rings. The maximum absolute atomic E-state index is 9.91. The zero-order chi connectivity index (χ0) is 14.2. The zero-order valence-electron chi connectivity index (χ0n) is 13.1. The zero-order valence-corrected chi connectivity index (χ0v) is 13.1. The highest BCUT2D eigenvalue weighted by atomic mass is 16.3. The second-order valence-corrected chi connectivity index (χ2v) is 7.77. The van der Waals surface area contributed by atoms with Crippen molar-refractivity contribution in [1.29, 1.82) is 0 Å². The van der Waals surface area contributed by atoms with Gasteiger partial charge in [-0.1, -0.05) is 12.2 Å². The normalized spacial score (nSPS) is 35.6. The number of hydrogen-bond acceptors (Lipinski definition) is 3. The predicted molar refractivity (Wildman–Crippen MR) is 82.6 cm³/mol. The van der Waals surface area contributed by atoms with Crippen molar-refractivity contribution in [1.82, 2.24) is 9.80 Å². The van der Waals surface area contributed by atoms with Crippen LogP contribution < -0.4 is 0 Å². The minimum Gasteiger partial charge on any atom is -0.389 e. The molecule has 2 fully saturated rings. The van der Waals surface area contributed by atoms with E-state index in [-0.39, 0.29) is 0 Å². The summed E-state index contributed by atoms with van der Waals surface area (Å²) < 4.78 is 0. The van der Waals surface area contributed by atoms with Crippen molar-refractivity contribution in [3.8, 4) is 0 Å². The van der Waals surface area contributed by atoms with Gasteiger partial charge in [-0.05, 0) is 50.9 Å². The number of allylic oxidation sites excluding steroid dienone is 2. The number of fused-ring (bicyclic) bond motifs is 2. The molecular weight excluding hydrogens is 248 g/mol. The maximum atomic E-state index is 9.91. The third-order valence-electron chi connectivity index (χ3n) is 5.28. The van der Waals surface area contributed by atoms with Crippen molar-refractivity contribution in [2.75, 3.05) is 39.3 Å². The molecule has 3 heteroatoms. The van der Waals surface area contributed by atoms with Gasteiger partial charge < -0.3 is 10.0 Å². The average molecular weight is 278 g/mol. The van der Waals surface area contributed by atoms with Crippen LogP contribution in [0.25, 0.3) is 0 Å². The molecule has 4 aliphatic rings. The van der Waals surface area contributed by atoms with Crippen LogP contribution in [0.5, 0.6) is 0 Å². The van der Waals surface area contributed by atoms with Crippen molar-refractivity contribution < 1.29 is 5.11 Å². The summed E-state index contributed by atoms with van der Waals surface area (Å²) in [6.45, 7) is 10.5. The highest BCUT2D eigenvalue weighted by Gasteiger charge is 2.33. The molecular formula is C17H30N2O. The monoisotopic (exact) mass is 278 g/mol. The van der Waals surface area contributed by atoms with E-state index in [1.807, 2.05) is 13.8 Å². The summed E-state index contributed by atoms with van der Waals surface area (Å²) >= 11 is 0. The molecule has 20 heavy (non-hydrogen) atoms. The average Bonchev–Trinajstić information content (AvgIpc) is 2.41. The Balaban J connectivity index is 1.44. The predicted octanol–water partition coefficient (Wildman–Crippen LogP) is 1.98. The standard InChI is InChI=1S/C17H30N2O/c1-17(2,20)13-19-9-7-18(8-10-19)12-16-11-14-3-5-15(16)6-4-14/h3,5,14-16,20H,4,6-13H2,1-2H3/t14-,15+,16+/m1/s1. The fourth-order valence-electron chi connectivity index (χ4n) is 4.27. The highest BCUT2D eigenvalue weighted by molar-refractivity contribution is 5.06. The van der Waals surface area contributed by atoms with Gasteiger partial charge in [0, 0.05) is 39.3 Å². The topological polar surface area (TPSA) is 26.7 Å². The summed E-state index contributed by atoms with van der Waals surface area (Å²) in [5.41, 5.74) is -0.560. The summed E-state index contributed by atoms with van der Waals surface area (Å²) in [5, 5.41) is 9.91. The van der Waals surface area contributed by atoms with Crippen LogP contribution in [0.2, 0.25) is 0 Å². The summed E-state index contributed by atoms with van der Waals surface area (Å²) in [4.78, 5) is 5.06. The number of hydrogen-bond donors (Lipinski definition) is 1. The molecule has 0 amide bonds. The molecule has 0 aromatic heterocycles. The minimum absolute atomic E-state index is 0.560. The number of piperazine rings is 1. The first-order valence-corrected chi connectivity index (χ1v) is 8.35. The first kappa shape index (κ1) is 14.6. The van der Waals surface area contributed by atoms with Crippen LogP contribution in [-0.4, -0.2) is 59.8 Å². The van der Waals surface area contributed by atoms with Gasteiger partial charge >= 0.3 is 0 Å². The summed E-state index contributed by atoms with van der Waals surface area (Å²) in [6.07, 6.45) is 9.23. The lowest BCUT2D eigenvalue weighted by molar-refractivity contribution is 0.0127. The molecule has 1 N–H and O–H groups in total. The lowest BCUT2D eigenvalue weighted by Crippen LogP contribution is -2.52. The van der Waals surface area contributed by atoms with E-state index < -0.39 is 5.60 Å². The van der Waals surface area contributed by atoms with Crippen LogP contribution in [0, 0.1) is 17.8 Å². The van der Waals surface area contributed by atoms with Gasteiger partial charge in [-0.2, -0.15) is 0 Å². The molecule has 1 saturated carbocycles. The Bertz CT molecular complexity index is 352. The number of β-amino-alcohol motifs (C(OH)–C–C–N with tert-alkyl or cyclic N) is 1. The molecule has 0 aromatic carbocycles. The Morgan fingerprint density at radius 2 is 1.75 bits per heavy atom. The van der Waals surface area contributed by atoms with Crippen LogP contribution >= 0.6 is 0 Å². The van der Waals surface area contributed by atoms with Gasteiger partial charge in [0.25, 0.3) is 0 Å². The first-order valence-electron chi connectivity index (χ1n) is 8.35. The number of nitrogens with zero attached hydrogens (tertiary/aromatic N) is 2. The summed E-state index contributed by atoms with van der Waals surface area (Å²) in [7, 11) is 0. The van der Waals surface area contributed by atoms with E-state index in [1.165, 1.54) is 38.9 Å². The molecule has 2 bridgehead atoms. The Kier molecular flexibility index (Phi) is 4.21. The van der Waals surface area contributed by atoms with Gasteiger partial charge in [-0.25, -0.2) is 0 Å². The lowest BCUT2D eigenvalue weighted by atomic mass is 9.69. The lowest BCUT2D eigenvalue weighted by Gasteiger charge is -2.43. The van der Waals surface area contributed by atoms with Crippen LogP contribution in [0.15, 0.2) is 12.2 Å². The minimum atomic E-state index is -0.560. The molecule has 4 rings (SSSR count). The van der Waals surface area contributed by atoms with Crippen molar-refractivity contribution in [3.05, 3.63) is 12.2 Å². The van der Waals surface area contributed by atoms with E-state index >= 15 is 0 Å². The number of rotatable bonds is 4. The first-order chi connectivity index (χ1) is 9.49. The van der Waals surface area contributed by atoms with Gasteiger partial charge in [0.05, 0.1) is 5.60 Å². The van der Waals surface area contributed by atoms with E-state index in [1.54, 1.807) is 0 Å². The quantitative estimate of drug-likeness (QED) is 0.797. The fraction of sp³-hybridized carbons (Fsp3) is 0.882. The third-order valence-corrected chi connectivity index (χ3v) is 5.28. The molecule has 114 valence electrons. The Labute approximate surface area is 123 Å². The largest absolute Gasteiger partial charge is 0.389 e. The van der Waals surface area contributed by atoms with Crippen LogP contribution in [0.4, 0.5) is 0 Å². The molecule has 1 heterocycles. The highest BCUT2D eigenvalue weighted by Crippen LogP contribution is 2.40. The maximum Gasteiger partial charge on any atom is 0.0718 e. The third kappa shape index (κ3) is 3.63. The van der Waals surface area contributed by atoms with E-state index in [4.69, 9.17) is 0 Å². The molecule has 0 radical (unpaired) electrons. The van der Waals surface area contributed by atoms with Crippen molar-refractivity contribution in [2.45, 2.75) is 38.7 Å². The van der Waals surface area contributed by atoms with Crippen molar-refractivity contribution in [2.24, 2.45) is 17.8 Å². The van der Waals surface area contributed by atoms with Gasteiger partial charge in [0.1, 0.15) is 0 Å². The molecule has 3 atom stereocenters. The second kappa shape index (κ2) is 5.78. The van der Waals surface area contributed by atoms with Crippen LogP contribution in [0.3, 0.4) is 0 Å². The van der Waals surface area contributed by atoms with Gasteiger partial charge in [-0.15, -0.1) is 0 Å². The van der Waals surface area contributed by atoms with E-state index in [9.17, 15) is 5.11 Å². The van der Waals surface area contributed by atoms with Gasteiger partial charge in [-0.3, -0.25) is 4.90 Å². The molecule has 3 aliphatic carbocycles. The molecule has 1 saturated heterocycles. The SMILES string of the molecule is CC(C)(O)CN1CCN(C[C@@H]2C[C@@H]3C=C[C@H]2CC3)CC1. The number of aliphatic hydroxyl groups is 1. The molecule has 0 unspecified atom stereocenters. The van der Waals surface area contributed by atoms with Crippen LogP contribution in [0.1, 0.15) is 33.1 Å². The van der Waals surface area contributed by atoms with E-state index in [0.29, 0.717) is 0 Å². The Hall–Kier alpha value is -0.380. The van der Waals surface area contributed by atoms with Crippen molar-refractivity contribution >= 4 is 0 Å². The smallest absolute Gasteiger partial charge is 0.0718 e. The van der Waals surface area contributed by atoms with Gasteiger partial charge in [0.15, 0.2) is 0 Å². The molecule has 1 aliphatic heterocycles.